The first-order valence-corrected chi connectivity index (χ1v) is 6.13. The molecule has 2 N–H and O–H groups in total. The Morgan fingerprint density at radius 2 is 1.88 bits per heavy atom. The van der Waals surface area contributed by atoms with Crippen molar-refractivity contribution >= 4 is 17.5 Å². The van der Waals surface area contributed by atoms with Gasteiger partial charge in [-0.05, 0) is 25.0 Å². The molecule has 5 nitrogen and oxygen atoms in total. The van der Waals surface area contributed by atoms with Crippen molar-refractivity contribution in [2.75, 3.05) is 17.2 Å². The van der Waals surface area contributed by atoms with E-state index in [0.29, 0.717) is 12.2 Å². The summed E-state index contributed by atoms with van der Waals surface area (Å²) in [6, 6.07) is 3.58. The summed E-state index contributed by atoms with van der Waals surface area (Å²) in [4.78, 5) is 11.4. The fraction of sp³-hybridized carbons (Fsp3) is 0.583. The van der Waals surface area contributed by atoms with Gasteiger partial charge in [0.25, 0.3) is 0 Å². The second kappa shape index (κ2) is 7.60. The second-order valence-corrected chi connectivity index (χ2v) is 3.88. The van der Waals surface area contributed by atoms with Gasteiger partial charge < -0.3 is 10.6 Å². The number of carbonyl (C=O) groups is 1. The molecule has 0 saturated carbocycles. The summed E-state index contributed by atoms with van der Waals surface area (Å²) in [5.74, 6) is 1.24. The maximum absolute atomic E-state index is 11.4. The second-order valence-electron chi connectivity index (χ2n) is 3.88. The van der Waals surface area contributed by atoms with E-state index in [4.69, 9.17) is 0 Å². The summed E-state index contributed by atoms with van der Waals surface area (Å²) in [6.07, 6.45) is 3.49. The SMILES string of the molecule is CCCCC(=O)Nc1ccc(NCCC)nn1. The Morgan fingerprint density at radius 3 is 2.47 bits per heavy atom. The fourth-order valence-corrected chi connectivity index (χ4v) is 1.29. The highest BCUT2D eigenvalue weighted by Crippen LogP contribution is 2.07. The first-order chi connectivity index (χ1) is 8.26. The first kappa shape index (κ1) is 13.4. The van der Waals surface area contributed by atoms with Crippen LogP contribution in [0, 0.1) is 0 Å². The van der Waals surface area contributed by atoms with Crippen molar-refractivity contribution in [2.45, 2.75) is 39.5 Å². The number of aromatic nitrogens is 2. The molecule has 0 aliphatic carbocycles. The van der Waals surface area contributed by atoms with E-state index in [1.807, 2.05) is 6.07 Å². The molecule has 0 unspecified atom stereocenters. The Labute approximate surface area is 102 Å². The van der Waals surface area contributed by atoms with Gasteiger partial charge in [-0.15, -0.1) is 10.2 Å². The average molecular weight is 236 g/mol. The van der Waals surface area contributed by atoms with Gasteiger partial charge in [0.05, 0.1) is 0 Å². The molecule has 5 heteroatoms. The van der Waals surface area contributed by atoms with E-state index in [0.717, 1.165) is 31.6 Å². The van der Waals surface area contributed by atoms with Crippen molar-refractivity contribution < 1.29 is 4.79 Å². The van der Waals surface area contributed by atoms with Gasteiger partial charge in [-0.25, -0.2) is 0 Å². The number of hydrogen-bond donors (Lipinski definition) is 2. The van der Waals surface area contributed by atoms with Gasteiger partial charge in [0.2, 0.25) is 5.91 Å². The number of rotatable bonds is 7. The quantitative estimate of drug-likeness (QED) is 0.763. The molecule has 0 bridgehead atoms. The monoisotopic (exact) mass is 236 g/mol. The Hall–Kier alpha value is -1.65. The van der Waals surface area contributed by atoms with Crippen LogP contribution in [0.4, 0.5) is 11.6 Å². The lowest BCUT2D eigenvalue weighted by Gasteiger charge is -2.05. The van der Waals surface area contributed by atoms with Crippen molar-refractivity contribution in [2.24, 2.45) is 0 Å². The highest BCUT2D eigenvalue weighted by molar-refractivity contribution is 5.89. The fourth-order valence-electron chi connectivity index (χ4n) is 1.29. The van der Waals surface area contributed by atoms with E-state index in [2.05, 4.69) is 34.7 Å². The van der Waals surface area contributed by atoms with Crippen LogP contribution in [0.15, 0.2) is 12.1 Å². The molecule has 1 rings (SSSR count). The van der Waals surface area contributed by atoms with Crippen molar-refractivity contribution in [3.8, 4) is 0 Å². The molecule has 0 fully saturated rings. The summed E-state index contributed by atoms with van der Waals surface area (Å²) in [7, 11) is 0. The van der Waals surface area contributed by atoms with Gasteiger partial charge >= 0.3 is 0 Å². The van der Waals surface area contributed by atoms with Crippen LogP contribution in [0.2, 0.25) is 0 Å². The minimum atomic E-state index is -0.00424. The van der Waals surface area contributed by atoms with E-state index in [1.165, 1.54) is 0 Å². The zero-order valence-electron chi connectivity index (χ0n) is 10.5. The minimum absolute atomic E-state index is 0.00424. The third kappa shape index (κ3) is 5.29. The van der Waals surface area contributed by atoms with Crippen LogP contribution in [0.5, 0.6) is 0 Å². The number of amides is 1. The summed E-state index contributed by atoms with van der Waals surface area (Å²) in [5, 5.41) is 13.8. The van der Waals surface area contributed by atoms with Crippen LogP contribution in [0.25, 0.3) is 0 Å². The molecule has 0 saturated heterocycles. The molecular formula is C12H20N4O. The lowest BCUT2D eigenvalue weighted by Crippen LogP contribution is -2.13. The maximum atomic E-state index is 11.4. The molecule has 0 aromatic carbocycles. The molecule has 1 aromatic rings. The molecule has 1 amide bonds. The predicted octanol–water partition coefficient (Wildman–Crippen LogP) is 2.43. The summed E-state index contributed by atoms with van der Waals surface area (Å²) < 4.78 is 0. The third-order valence-corrected chi connectivity index (χ3v) is 2.25. The van der Waals surface area contributed by atoms with Gasteiger partial charge in [0, 0.05) is 13.0 Å². The van der Waals surface area contributed by atoms with Crippen LogP contribution in [-0.2, 0) is 4.79 Å². The molecule has 1 heterocycles. The number of unbranched alkanes of at least 4 members (excludes halogenated alkanes) is 1. The highest BCUT2D eigenvalue weighted by Gasteiger charge is 2.03. The average Bonchev–Trinajstić information content (AvgIpc) is 2.35. The van der Waals surface area contributed by atoms with Crippen molar-refractivity contribution in [1.29, 1.82) is 0 Å². The largest absolute Gasteiger partial charge is 0.369 e. The zero-order chi connectivity index (χ0) is 12.5. The number of anilines is 2. The van der Waals surface area contributed by atoms with Crippen LogP contribution in [-0.4, -0.2) is 22.6 Å². The maximum Gasteiger partial charge on any atom is 0.225 e. The van der Waals surface area contributed by atoms with Crippen LogP contribution in [0.3, 0.4) is 0 Å². The Balaban J connectivity index is 2.42. The number of nitrogens with zero attached hydrogens (tertiary/aromatic N) is 2. The standard InChI is InChI=1S/C12H20N4O/c1-3-5-6-12(17)14-11-8-7-10(15-16-11)13-9-4-2/h7-8H,3-6,9H2,1-2H3,(H,13,15)(H,14,16,17). The Morgan fingerprint density at radius 1 is 1.18 bits per heavy atom. The molecule has 0 radical (unpaired) electrons. The molecule has 0 atom stereocenters. The zero-order valence-corrected chi connectivity index (χ0v) is 10.5. The van der Waals surface area contributed by atoms with E-state index >= 15 is 0 Å². The van der Waals surface area contributed by atoms with E-state index < -0.39 is 0 Å². The lowest BCUT2D eigenvalue weighted by molar-refractivity contribution is -0.116. The Bertz CT molecular complexity index is 337. The highest BCUT2D eigenvalue weighted by atomic mass is 16.1. The summed E-state index contributed by atoms with van der Waals surface area (Å²) in [5.41, 5.74) is 0. The third-order valence-electron chi connectivity index (χ3n) is 2.25. The predicted molar refractivity (Wildman–Crippen MR) is 69.0 cm³/mol. The summed E-state index contributed by atoms with van der Waals surface area (Å²) >= 11 is 0. The topological polar surface area (TPSA) is 66.9 Å². The molecular weight excluding hydrogens is 216 g/mol. The number of nitrogens with one attached hydrogen (secondary N) is 2. The van der Waals surface area contributed by atoms with E-state index in [-0.39, 0.29) is 5.91 Å². The van der Waals surface area contributed by atoms with Gasteiger partial charge in [-0.2, -0.15) is 0 Å². The van der Waals surface area contributed by atoms with Crippen molar-refractivity contribution in [1.82, 2.24) is 10.2 Å². The van der Waals surface area contributed by atoms with Gasteiger partial charge in [-0.3, -0.25) is 4.79 Å². The molecule has 0 spiro atoms. The normalized spacial score (nSPS) is 10.0. The molecule has 1 aromatic heterocycles. The Kier molecular flexibility index (Phi) is 5.99. The molecule has 0 aliphatic heterocycles. The molecule has 17 heavy (non-hydrogen) atoms. The van der Waals surface area contributed by atoms with Gasteiger partial charge in [0.1, 0.15) is 5.82 Å². The van der Waals surface area contributed by atoms with Gasteiger partial charge in [-0.1, -0.05) is 20.3 Å². The van der Waals surface area contributed by atoms with Crippen LogP contribution >= 0.6 is 0 Å². The number of carbonyl (C=O) groups excluding carboxylic acids is 1. The van der Waals surface area contributed by atoms with Crippen molar-refractivity contribution in [3.63, 3.8) is 0 Å². The lowest BCUT2D eigenvalue weighted by atomic mass is 10.2. The first-order valence-electron chi connectivity index (χ1n) is 6.13. The van der Waals surface area contributed by atoms with Crippen molar-refractivity contribution in [3.05, 3.63) is 12.1 Å². The summed E-state index contributed by atoms with van der Waals surface area (Å²) in [6.45, 7) is 5.01. The molecule has 0 aliphatic rings. The van der Waals surface area contributed by atoms with E-state index in [1.54, 1.807) is 6.07 Å². The number of hydrogen-bond acceptors (Lipinski definition) is 4. The molecule has 94 valence electrons. The van der Waals surface area contributed by atoms with Crippen LogP contribution < -0.4 is 10.6 Å². The minimum Gasteiger partial charge on any atom is -0.369 e. The van der Waals surface area contributed by atoms with Gasteiger partial charge in [0.15, 0.2) is 5.82 Å². The van der Waals surface area contributed by atoms with Crippen LogP contribution in [0.1, 0.15) is 39.5 Å². The smallest absolute Gasteiger partial charge is 0.225 e. The van der Waals surface area contributed by atoms with E-state index in [9.17, 15) is 4.79 Å².